The summed E-state index contributed by atoms with van der Waals surface area (Å²) in [6, 6.07) is 14.2. The number of carboxylic acid groups (broad SMARTS) is 1. The minimum absolute atomic E-state index is 0.0850. The molecule has 0 unspecified atom stereocenters. The monoisotopic (exact) mass is 284 g/mol. The van der Waals surface area contributed by atoms with Crippen LogP contribution >= 0.6 is 0 Å². The van der Waals surface area contributed by atoms with E-state index >= 15 is 0 Å². The maximum Gasteiger partial charge on any atom is 0.303 e. The predicted octanol–water partition coefficient (Wildman–Crippen LogP) is 3.43. The van der Waals surface area contributed by atoms with Gasteiger partial charge in [-0.3, -0.25) is 4.79 Å². The van der Waals surface area contributed by atoms with E-state index in [-0.39, 0.29) is 13.0 Å². The zero-order chi connectivity index (χ0) is 14.7. The normalized spacial score (nSPS) is 11.8. The van der Waals surface area contributed by atoms with Crippen molar-refractivity contribution in [3.63, 3.8) is 0 Å². The third-order valence-electron chi connectivity index (χ3n) is 3.57. The predicted molar refractivity (Wildman–Crippen MR) is 78.1 cm³/mol. The lowest BCUT2D eigenvalue weighted by Gasteiger charge is -2.09. The Morgan fingerprint density at radius 3 is 2.76 bits per heavy atom. The van der Waals surface area contributed by atoms with Crippen LogP contribution in [0.15, 0.2) is 42.5 Å². The Morgan fingerprint density at radius 2 is 1.90 bits per heavy atom. The van der Waals surface area contributed by atoms with E-state index in [1.165, 1.54) is 16.7 Å². The summed E-state index contributed by atoms with van der Waals surface area (Å²) in [6.07, 6.45) is 1.35. The Labute approximate surface area is 122 Å². The van der Waals surface area contributed by atoms with E-state index in [2.05, 4.69) is 18.2 Å². The standard InChI is InChI=1S/C17H16O4/c18-17(19)9-4-10-20-21-16-8-3-7-14-13-6-2-1-5-12(13)11-15(14)16/h1-3,5-8H,4,9-11H2,(H,18,19). The highest BCUT2D eigenvalue weighted by Crippen LogP contribution is 2.40. The Bertz CT molecular complexity index is 664. The number of rotatable bonds is 6. The van der Waals surface area contributed by atoms with Gasteiger partial charge in [0.1, 0.15) is 0 Å². The fraction of sp³-hybridized carbons (Fsp3) is 0.235. The van der Waals surface area contributed by atoms with Gasteiger partial charge in [-0.25, -0.2) is 0 Å². The summed E-state index contributed by atoms with van der Waals surface area (Å²) in [5.41, 5.74) is 4.83. The lowest BCUT2D eigenvalue weighted by atomic mass is 10.1. The second-order valence-electron chi connectivity index (χ2n) is 5.02. The first kappa shape index (κ1) is 13.6. The number of carboxylic acids is 1. The van der Waals surface area contributed by atoms with E-state index < -0.39 is 5.97 Å². The third kappa shape index (κ3) is 2.90. The van der Waals surface area contributed by atoms with Crippen molar-refractivity contribution in [2.24, 2.45) is 0 Å². The molecule has 0 bridgehead atoms. The Kier molecular flexibility index (Phi) is 3.88. The molecule has 21 heavy (non-hydrogen) atoms. The van der Waals surface area contributed by atoms with Gasteiger partial charge in [0.05, 0.1) is 6.61 Å². The van der Waals surface area contributed by atoms with Gasteiger partial charge in [0.15, 0.2) is 5.75 Å². The van der Waals surface area contributed by atoms with Crippen LogP contribution in [-0.4, -0.2) is 17.7 Å². The molecule has 0 atom stereocenters. The zero-order valence-corrected chi connectivity index (χ0v) is 11.5. The van der Waals surface area contributed by atoms with Crippen LogP contribution in [0.2, 0.25) is 0 Å². The number of fused-ring (bicyclic) bond motifs is 3. The van der Waals surface area contributed by atoms with E-state index in [9.17, 15) is 4.79 Å². The molecule has 108 valence electrons. The average molecular weight is 284 g/mol. The SMILES string of the molecule is O=C(O)CCCOOc1cccc2c1Cc1ccccc1-2. The average Bonchev–Trinajstić information content (AvgIpc) is 2.86. The third-order valence-corrected chi connectivity index (χ3v) is 3.57. The molecule has 0 radical (unpaired) electrons. The molecule has 3 rings (SSSR count). The van der Waals surface area contributed by atoms with Gasteiger partial charge in [0, 0.05) is 18.4 Å². The number of aliphatic carboxylic acids is 1. The molecule has 0 aliphatic heterocycles. The van der Waals surface area contributed by atoms with Crippen LogP contribution in [0.3, 0.4) is 0 Å². The van der Waals surface area contributed by atoms with Crippen molar-refractivity contribution in [3.05, 3.63) is 53.6 Å². The number of hydrogen-bond donors (Lipinski definition) is 1. The summed E-state index contributed by atoms with van der Waals surface area (Å²) < 4.78 is 0. The summed E-state index contributed by atoms with van der Waals surface area (Å²) in [7, 11) is 0. The van der Waals surface area contributed by atoms with Crippen LogP contribution < -0.4 is 4.89 Å². The molecule has 0 heterocycles. The Hall–Kier alpha value is -2.33. The molecule has 0 spiro atoms. The Morgan fingerprint density at radius 1 is 1.10 bits per heavy atom. The zero-order valence-electron chi connectivity index (χ0n) is 11.5. The molecule has 0 saturated heterocycles. The Balaban J connectivity index is 1.68. The summed E-state index contributed by atoms with van der Waals surface area (Å²) in [5.74, 6) is -0.117. The number of carbonyl (C=O) groups is 1. The molecule has 4 heteroatoms. The molecule has 0 saturated carbocycles. The van der Waals surface area contributed by atoms with Crippen molar-refractivity contribution in [1.82, 2.24) is 0 Å². The van der Waals surface area contributed by atoms with Gasteiger partial charge in [-0.2, -0.15) is 4.89 Å². The van der Waals surface area contributed by atoms with E-state index in [1.54, 1.807) is 0 Å². The number of benzene rings is 2. The molecule has 0 aromatic heterocycles. The smallest absolute Gasteiger partial charge is 0.303 e. The second-order valence-corrected chi connectivity index (χ2v) is 5.02. The minimum Gasteiger partial charge on any atom is -0.481 e. The molecular formula is C17H16O4. The highest BCUT2D eigenvalue weighted by Gasteiger charge is 2.21. The molecule has 0 amide bonds. The molecule has 0 fully saturated rings. The fourth-order valence-corrected chi connectivity index (χ4v) is 2.59. The number of hydrogen-bond acceptors (Lipinski definition) is 3. The highest BCUT2D eigenvalue weighted by atomic mass is 17.2. The first-order valence-corrected chi connectivity index (χ1v) is 6.97. The summed E-state index contributed by atoms with van der Waals surface area (Å²) in [5, 5.41) is 8.56. The lowest BCUT2D eigenvalue weighted by Crippen LogP contribution is -2.04. The first-order chi connectivity index (χ1) is 10.3. The van der Waals surface area contributed by atoms with Gasteiger partial charge in [-0.1, -0.05) is 36.4 Å². The topological polar surface area (TPSA) is 55.8 Å². The maximum atomic E-state index is 10.4. The van der Waals surface area contributed by atoms with Crippen LogP contribution in [0.5, 0.6) is 5.75 Å². The summed E-state index contributed by atoms with van der Waals surface area (Å²) in [6.45, 7) is 0.267. The van der Waals surface area contributed by atoms with Crippen molar-refractivity contribution in [3.8, 4) is 16.9 Å². The van der Waals surface area contributed by atoms with Crippen molar-refractivity contribution in [1.29, 1.82) is 0 Å². The lowest BCUT2D eigenvalue weighted by molar-refractivity contribution is -0.208. The van der Waals surface area contributed by atoms with Crippen molar-refractivity contribution in [2.45, 2.75) is 19.3 Å². The van der Waals surface area contributed by atoms with E-state index in [4.69, 9.17) is 14.9 Å². The van der Waals surface area contributed by atoms with Gasteiger partial charge in [-0.05, 0) is 29.2 Å². The van der Waals surface area contributed by atoms with Crippen LogP contribution in [0, 0.1) is 0 Å². The van der Waals surface area contributed by atoms with Gasteiger partial charge >= 0.3 is 5.97 Å². The van der Waals surface area contributed by atoms with E-state index in [1.807, 2.05) is 24.3 Å². The van der Waals surface area contributed by atoms with E-state index in [0.29, 0.717) is 12.2 Å². The van der Waals surface area contributed by atoms with Gasteiger partial charge in [0.2, 0.25) is 0 Å². The molecular weight excluding hydrogens is 268 g/mol. The molecule has 1 N–H and O–H groups in total. The first-order valence-electron chi connectivity index (χ1n) is 6.97. The van der Waals surface area contributed by atoms with Crippen molar-refractivity contribution in [2.75, 3.05) is 6.61 Å². The minimum atomic E-state index is -0.824. The van der Waals surface area contributed by atoms with E-state index in [0.717, 1.165) is 12.0 Å². The van der Waals surface area contributed by atoms with Gasteiger partial charge in [0.25, 0.3) is 0 Å². The molecule has 1 aliphatic carbocycles. The van der Waals surface area contributed by atoms with Gasteiger partial charge in [-0.15, -0.1) is 0 Å². The van der Waals surface area contributed by atoms with Crippen molar-refractivity contribution >= 4 is 5.97 Å². The largest absolute Gasteiger partial charge is 0.481 e. The van der Waals surface area contributed by atoms with Crippen LogP contribution in [-0.2, 0) is 16.1 Å². The van der Waals surface area contributed by atoms with Crippen molar-refractivity contribution < 1.29 is 19.7 Å². The van der Waals surface area contributed by atoms with Crippen LogP contribution in [0.1, 0.15) is 24.0 Å². The second kappa shape index (κ2) is 5.97. The van der Waals surface area contributed by atoms with Crippen LogP contribution in [0.4, 0.5) is 0 Å². The summed E-state index contributed by atoms with van der Waals surface area (Å²) in [4.78, 5) is 20.9. The highest BCUT2D eigenvalue weighted by molar-refractivity contribution is 5.78. The fourth-order valence-electron chi connectivity index (χ4n) is 2.59. The molecule has 4 nitrogen and oxygen atoms in total. The maximum absolute atomic E-state index is 10.4. The van der Waals surface area contributed by atoms with Crippen LogP contribution in [0.25, 0.3) is 11.1 Å². The van der Waals surface area contributed by atoms with Gasteiger partial charge < -0.3 is 9.99 Å². The quantitative estimate of drug-likeness (QED) is 0.428. The summed E-state index contributed by atoms with van der Waals surface area (Å²) >= 11 is 0. The molecule has 2 aromatic rings. The molecule has 2 aromatic carbocycles. The molecule has 1 aliphatic rings.